The summed E-state index contributed by atoms with van der Waals surface area (Å²) in [6, 6.07) is 138. The molecule has 1 fully saturated rings. The Balaban J connectivity index is 0.000000117. The summed E-state index contributed by atoms with van der Waals surface area (Å²) in [6.07, 6.45) is 0. The largest absolute Gasteiger partial charge is 0.496 e. The lowest BCUT2D eigenvalue weighted by molar-refractivity contribution is 0.00578. The Morgan fingerprint density at radius 1 is 0.220 bits per heavy atom. The van der Waals surface area contributed by atoms with Crippen molar-refractivity contribution in [2.45, 2.75) is 38.9 Å². The fraction of sp³-hybridized carbons (Fsp3) is 0.0545. The van der Waals surface area contributed by atoms with Crippen LogP contribution in [-0.2, 0) is 9.31 Å². The Kier molecular flexibility index (Phi) is 17.9. The molecule has 0 atom stereocenters. The van der Waals surface area contributed by atoms with Crippen LogP contribution >= 0.6 is 15.9 Å². The predicted molar refractivity (Wildman–Crippen MR) is 500 cm³/mol. The first-order chi connectivity index (χ1) is 57.9. The molecule has 0 aliphatic carbocycles. The molecule has 8 heteroatoms. The topological polar surface area (TPSA) is 70.0 Å². The molecule has 0 bridgehead atoms. The summed E-state index contributed by atoms with van der Waals surface area (Å²) in [6.45, 7) is 8.43. The van der Waals surface area contributed by atoms with Gasteiger partial charge in [-0.3, -0.25) is 0 Å². The van der Waals surface area contributed by atoms with E-state index < -0.39 is 7.12 Å². The van der Waals surface area contributed by atoms with Crippen molar-refractivity contribution in [1.82, 2.24) is 19.9 Å². The van der Waals surface area contributed by atoms with Crippen molar-refractivity contribution in [1.29, 1.82) is 0 Å². The minimum absolute atomic E-state index is 0.377. The van der Waals surface area contributed by atoms with E-state index in [2.05, 4.69) is 420 Å². The summed E-state index contributed by atoms with van der Waals surface area (Å²) in [5.41, 5.74) is 23.3. The summed E-state index contributed by atoms with van der Waals surface area (Å²) in [5, 5.41) is 19.4. The van der Waals surface area contributed by atoms with Crippen molar-refractivity contribution in [2.24, 2.45) is 0 Å². The van der Waals surface area contributed by atoms with Gasteiger partial charge in [-0.15, -0.1) is 0 Å². The van der Waals surface area contributed by atoms with Crippen LogP contribution in [0.5, 0.6) is 0 Å². The van der Waals surface area contributed by atoms with Gasteiger partial charge >= 0.3 is 7.12 Å². The molecule has 0 N–H and O–H groups in total. The standard InChI is InChI=1S/C52H32N2.C32H19BrN2.C26H25BO2/c1-4-14-33(15-5-1)44-32-45(34-16-6-2-7-17-34)43-29-31-47-51-46(30-28-42(44)50(43)51)53-52(54-47)37-26-24-36(25-27-37)49-40-22-12-10-20-38(40)48(35-18-8-3-9-19-35)39-21-11-13-23-41(39)49;33-23-13-11-22(12-14-23)32-34-28-17-15-24-26(20-7-3-1-4-8-20)19-27(21-9-5-2-6-10-21)25-16-18-29(35-32)31(28)30(24)25;1-25(2)26(3,4)29-27(28-25)24-21-16-10-8-14-19(21)23(18-12-6-5-7-13-18)20-15-9-11-17-22(20)24/h1-32H;1-19H;5-17H,1-4H3. The Morgan fingerprint density at radius 2 is 0.449 bits per heavy atom. The zero-order valence-electron chi connectivity index (χ0n) is 65.5. The molecule has 0 radical (unpaired) electrons. The lowest BCUT2D eigenvalue weighted by Crippen LogP contribution is -2.41. The quantitative estimate of drug-likeness (QED) is 0.0772. The molecular formula is C110H76BBrN4O2. The molecule has 1 aliphatic rings. The van der Waals surface area contributed by atoms with Crippen molar-refractivity contribution in [3.05, 3.63) is 393 Å². The molecule has 23 rings (SSSR count). The number of fused-ring (bicyclic) bond motifs is 4. The van der Waals surface area contributed by atoms with Crippen molar-refractivity contribution in [3.63, 3.8) is 0 Å². The first-order valence-corrected chi connectivity index (χ1v) is 41.2. The Bertz CT molecular complexity index is 7240. The van der Waals surface area contributed by atoms with Gasteiger partial charge in [0.05, 0.1) is 33.3 Å². The SMILES string of the molecule is Brc1ccc(-c2nc3ccc4c(-c5ccccc5)cc(-c5ccccc5)c5ccc(n2)c3c45)cc1.CC1(C)OB(c2c3ccccc3c(-c3ccccc3)c3ccccc23)OC1(C)C.c1ccc(-c2c3ccccc3c(-c3ccc(-c4nc5ccc6c(-c7ccccc7)cc(-c7ccccc7)c7ccc(n4)c5c67)cc3)c3ccccc23)cc1. The van der Waals surface area contributed by atoms with E-state index in [1.165, 1.54) is 153 Å². The summed E-state index contributed by atoms with van der Waals surface area (Å²) in [4.78, 5) is 20.5. The molecule has 0 amide bonds. The molecule has 6 nitrogen and oxygen atoms in total. The van der Waals surface area contributed by atoms with Gasteiger partial charge in [0, 0.05) is 37.1 Å². The fourth-order valence-electron chi connectivity index (χ4n) is 18.0. The third-order valence-corrected chi connectivity index (χ3v) is 24.8. The maximum Gasteiger partial charge on any atom is 0.496 e. The summed E-state index contributed by atoms with van der Waals surface area (Å²) >= 11 is 3.52. The van der Waals surface area contributed by atoms with E-state index in [4.69, 9.17) is 29.2 Å². The van der Waals surface area contributed by atoms with Crippen molar-refractivity contribution in [2.75, 3.05) is 0 Å². The van der Waals surface area contributed by atoms with E-state index in [0.717, 1.165) is 65.6 Å². The Labute approximate surface area is 693 Å². The number of benzene rings is 20. The molecule has 20 aromatic carbocycles. The second kappa shape index (κ2) is 29.5. The van der Waals surface area contributed by atoms with Gasteiger partial charge in [0.1, 0.15) is 0 Å². The minimum atomic E-state index is -0.403. The number of rotatable bonds is 10. The second-order valence-corrected chi connectivity index (χ2v) is 32.6. The van der Waals surface area contributed by atoms with Crippen molar-refractivity contribution >= 4 is 137 Å². The molecular weight excluding hydrogens is 1500 g/mol. The average molecular weight is 1580 g/mol. The van der Waals surface area contributed by atoms with E-state index in [0.29, 0.717) is 0 Å². The van der Waals surface area contributed by atoms with E-state index in [1.807, 2.05) is 12.1 Å². The number of hydrogen-bond donors (Lipinski definition) is 0. The molecule has 558 valence electrons. The van der Waals surface area contributed by atoms with Gasteiger partial charge in [0.15, 0.2) is 11.6 Å². The van der Waals surface area contributed by atoms with Gasteiger partial charge in [-0.05, 0) is 224 Å². The highest BCUT2D eigenvalue weighted by molar-refractivity contribution is 9.10. The number of hydrogen-bond acceptors (Lipinski definition) is 6. The molecule has 1 saturated heterocycles. The maximum atomic E-state index is 6.49. The van der Waals surface area contributed by atoms with Gasteiger partial charge in [-0.2, -0.15) is 0 Å². The zero-order valence-corrected chi connectivity index (χ0v) is 67.1. The first-order valence-electron chi connectivity index (χ1n) is 40.4. The van der Waals surface area contributed by atoms with Crippen molar-refractivity contribution < 1.29 is 9.31 Å². The molecule has 3 heterocycles. The minimum Gasteiger partial charge on any atom is -0.399 e. The zero-order chi connectivity index (χ0) is 79.2. The normalized spacial score (nSPS) is 13.2. The van der Waals surface area contributed by atoms with E-state index >= 15 is 0 Å². The molecule has 22 aromatic rings. The monoisotopic (exact) mass is 1570 g/mol. The van der Waals surface area contributed by atoms with Crippen LogP contribution in [0.15, 0.2) is 393 Å². The lowest BCUT2D eigenvalue weighted by atomic mass is 9.71. The van der Waals surface area contributed by atoms with Gasteiger partial charge in [-0.25, -0.2) is 19.9 Å². The number of nitrogens with zero attached hydrogens (tertiary/aromatic N) is 4. The van der Waals surface area contributed by atoms with Gasteiger partial charge in [0.25, 0.3) is 0 Å². The van der Waals surface area contributed by atoms with Gasteiger partial charge in [0.2, 0.25) is 0 Å². The third kappa shape index (κ3) is 12.5. The highest BCUT2D eigenvalue weighted by Crippen LogP contribution is 2.49. The number of aromatic nitrogens is 4. The van der Waals surface area contributed by atoms with E-state index in [1.54, 1.807) is 0 Å². The van der Waals surface area contributed by atoms with Gasteiger partial charge < -0.3 is 9.31 Å². The summed E-state index contributed by atoms with van der Waals surface area (Å²) in [7, 11) is -0.403. The van der Waals surface area contributed by atoms with Crippen LogP contribution in [0.1, 0.15) is 27.7 Å². The molecule has 0 unspecified atom stereocenters. The van der Waals surface area contributed by atoms with Crippen LogP contribution in [0.2, 0.25) is 0 Å². The second-order valence-electron chi connectivity index (χ2n) is 31.7. The molecule has 118 heavy (non-hydrogen) atoms. The van der Waals surface area contributed by atoms with Crippen LogP contribution in [0.25, 0.3) is 209 Å². The highest BCUT2D eigenvalue weighted by atomic mass is 79.9. The Morgan fingerprint density at radius 3 is 0.737 bits per heavy atom. The third-order valence-electron chi connectivity index (χ3n) is 24.3. The van der Waals surface area contributed by atoms with Crippen LogP contribution in [0.3, 0.4) is 0 Å². The van der Waals surface area contributed by atoms with E-state index in [9.17, 15) is 0 Å². The number of halogens is 1. The van der Waals surface area contributed by atoms with Crippen LogP contribution < -0.4 is 5.46 Å². The Hall–Kier alpha value is -13.9. The molecule has 0 saturated carbocycles. The van der Waals surface area contributed by atoms with Crippen LogP contribution in [0, 0.1) is 0 Å². The first kappa shape index (κ1) is 71.9. The molecule has 0 spiro atoms. The molecule has 1 aliphatic heterocycles. The molecule has 2 aromatic heterocycles. The maximum absolute atomic E-state index is 6.49. The van der Waals surface area contributed by atoms with Crippen LogP contribution in [-0.4, -0.2) is 38.3 Å². The smallest absolute Gasteiger partial charge is 0.399 e. The average Bonchev–Trinajstić information content (AvgIpc) is 0.768. The summed E-state index contributed by atoms with van der Waals surface area (Å²) < 4.78 is 14.0. The van der Waals surface area contributed by atoms with Gasteiger partial charge in [-0.1, -0.05) is 356 Å². The predicted octanol–water partition coefficient (Wildman–Crippen LogP) is 29.1. The fourth-order valence-corrected chi connectivity index (χ4v) is 18.3. The van der Waals surface area contributed by atoms with Crippen molar-refractivity contribution in [3.8, 4) is 101 Å². The highest BCUT2D eigenvalue weighted by Gasteiger charge is 2.52. The summed E-state index contributed by atoms with van der Waals surface area (Å²) in [5.74, 6) is 1.48. The van der Waals surface area contributed by atoms with Crippen LogP contribution in [0.4, 0.5) is 0 Å². The lowest BCUT2D eigenvalue weighted by Gasteiger charge is -2.32. The van der Waals surface area contributed by atoms with E-state index in [-0.39, 0.29) is 11.2 Å².